The fourth-order valence-electron chi connectivity index (χ4n) is 2.71. The smallest absolute Gasteiger partial charge is 0.298 e. The average molecular weight is 365 g/mol. The molecule has 3 rings (SSSR count). The van der Waals surface area contributed by atoms with Gasteiger partial charge in [0.25, 0.3) is 11.1 Å². The van der Waals surface area contributed by atoms with Crippen molar-refractivity contribution in [2.45, 2.75) is 26.2 Å². The van der Waals surface area contributed by atoms with Crippen molar-refractivity contribution in [3.8, 4) is 0 Å². The Labute approximate surface area is 156 Å². The number of hydrogen-bond acceptors (Lipinski definition) is 4. The van der Waals surface area contributed by atoms with Crippen molar-refractivity contribution < 1.29 is 14.4 Å². The molecule has 0 saturated carbocycles. The van der Waals surface area contributed by atoms with E-state index in [1.165, 1.54) is 10.5 Å². The second-order valence-corrected chi connectivity index (χ2v) is 7.06. The Balaban J connectivity index is 1.79. The molecule has 5 heteroatoms. The Morgan fingerprint density at radius 2 is 1.62 bits per heavy atom. The van der Waals surface area contributed by atoms with Crippen LogP contribution in [0.4, 0.5) is 10.5 Å². The minimum absolute atomic E-state index is 0.299. The zero-order valence-electron chi connectivity index (χ0n) is 14.5. The third kappa shape index (κ3) is 3.94. The van der Waals surface area contributed by atoms with E-state index in [0.29, 0.717) is 16.2 Å². The summed E-state index contributed by atoms with van der Waals surface area (Å²) in [5.74, 6) is -0.319. The molecule has 2 amide bonds. The van der Waals surface area contributed by atoms with Gasteiger partial charge in [-0.1, -0.05) is 49.7 Å². The summed E-state index contributed by atoms with van der Waals surface area (Å²) < 4.78 is 0. The van der Waals surface area contributed by atoms with Gasteiger partial charge in [0.1, 0.15) is 6.29 Å². The lowest BCUT2D eigenvalue weighted by atomic mass is 10.1. The van der Waals surface area contributed by atoms with Gasteiger partial charge >= 0.3 is 0 Å². The summed E-state index contributed by atoms with van der Waals surface area (Å²) in [5.41, 5.74) is 3.13. The first kappa shape index (κ1) is 18.1. The van der Waals surface area contributed by atoms with Crippen LogP contribution in [0.5, 0.6) is 0 Å². The fourth-order valence-corrected chi connectivity index (χ4v) is 3.55. The number of imide groups is 1. The molecule has 0 aliphatic carbocycles. The third-order valence-electron chi connectivity index (χ3n) is 4.18. The molecule has 2 aromatic rings. The minimum Gasteiger partial charge on any atom is -0.298 e. The Morgan fingerprint density at radius 3 is 2.23 bits per heavy atom. The van der Waals surface area contributed by atoms with E-state index in [2.05, 4.69) is 6.92 Å². The first-order valence-electron chi connectivity index (χ1n) is 8.54. The van der Waals surface area contributed by atoms with Crippen LogP contribution in [0.3, 0.4) is 0 Å². The lowest BCUT2D eigenvalue weighted by Crippen LogP contribution is -2.27. The summed E-state index contributed by atoms with van der Waals surface area (Å²) in [6.07, 6.45) is 5.68. The van der Waals surface area contributed by atoms with E-state index in [4.69, 9.17) is 0 Å². The van der Waals surface area contributed by atoms with Gasteiger partial charge in [-0.3, -0.25) is 14.4 Å². The van der Waals surface area contributed by atoms with Gasteiger partial charge in [0, 0.05) is 5.56 Å². The van der Waals surface area contributed by atoms with Gasteiger partial charge in [-0.2, -0.15) is 0 Å². The molecule has 4 nitrogen and oxygen atoms in total. The van der Waals surface area contributed by atoms with Crippen LogP contribution in [0.25, 0.3) is 6.08 Å². The standard InChI is InChI=1S/C21H19NO3S/c1-2-3-4-15-9-11-18(12-10-15)22-20(24)19(26-21(22)25)13-16-5-7-17(14-23)8-6-16/h5-14H,2-4H2,1H3/b19-13-. The Hall–Kier alpha value is -2.66. The van der Waals surface area contributed by atoms with Crippen LogP contribution in [-0.2, 0) is 11.2 Å². The van der Waals surface area contributed by atoms with Gasteiger partial charge in [0.2, 0.25) is 0 Å². The predicted octanol–water partition coefficient (Wildman–Crippen LogP) is 5.08. The molecule has 1 aliphatic rings. The Morgan fingerprint density at radius 1 is 0.962 bits per heavy atom. The molecule has 26 heavy (non-hydrogen) atoms. The first-order chi connectivity index (χ1) is 12.6. The molecule has 1 aliphatic heterocycles. The van der Waals surface area contributed by atoms with Crippen molar-refractivity contribution in [1.29, 1.82) is 0 Å². The lowest BCUT2D eigenvalue weighted by Gasteiger charge is -2.13. The normalized spacial score (nSPS) is 15.7. The van der Waals surface area contributed by atoms with E-state index in [0.717, 1.165) is 42.9 Å². The van der Waals surface area contributed by atoms with Gasteiger partial charge in [0.15, 0.2) is 0 Å². The van der Waals surface area contributed by atoms with Gasteiger partial charge < -0.3 is 0 Å². The molecular formula is C21H19NO3S. The molecule has 0 aromatic heterocycles. The second kappa shape index (κ2) is 8.15. The van der Waals surface area contributed by atoms with E-state index < -0.39 is 0 Å². The second-order valence-electron chi connectivity index (χ2n) is 6.07. The molecule has 0 spiro atoms. The molecule has 1 fully saturated rings. The van der Waals surface area contributed by atoms with Crippen molar-refractivity contribution in [2.24, 2.45) is 0 Å². The Kier molecular flexibility index (Phi) is 5.68. The van der Waals surface area contributed by atoms with Crippen LogP contribution in [0.1, 0.15) is 41.3 Å². The van der Waals surface area contributed by atoms with Crippen LogP contribution in [0.2, 0.25) is 0 Å². The molecule has 0 radical (unpaired) electrons. The van der Waals surface area contributed by atoms with Crippen LogP contribution in [0, 0.1) is 0 Å². The summed E-state index contributed by atoms with van der Waals surface area (Å²) in [5, 5.41) is -0.299. The summed E-state index contributed by atoms with van der Waals surface area (Å²) in [7, 11) is 0. The lowest BCUT2D eigenvalue weighted by molar-refractivity contribution is -0.113. The number of nitrogens with zero attached hydrogens (tertiary/aromatic N) is 1. The van der Waals surface area contributed by atoms with Crippen LogP contribution in [0.15, 0.2) is 53.4 Å². The number of aldehydes is 1. The van der Waals surface area contributed by atoms with Crippen molar-refractivity contribution in [3.05, 3.63) is 70.1 Å². The van der Waals surface area contributed by atoms with Gasteiger partial charge in [0.05, 0.1) is 10.6 Å². The van der Waals surface area contributed by atoms with Crippen molar-refractivity contribution in [3.63, 3.8) is 0 Å². The third-order valence-corrected chi connectivity index (χ3v) is 5.05. The maximum atomic E-state index is 12.7. The molecule has 1 saturated heterocycles. The number of rotatable bonds is 6. The van der Waals surface area contributed by atoms with Gasteiger partial charge in [-0.05, 0) is 53.9 Å². The van der Waals surface area contributed by atoms with Gasteiger partial charge in [-0.15, -0.1) is 0 Å². The highest BCUT2D eigenvalue weighted by Gasteiger charge is 2.36. The first-order valence-corrected chi connectivity index (χ1v) is 9.36. The van der Waals surface area contributed by atoms with Crippen LogP contribution in [-0.4, -0.2) is 17.4 Å². The highest BCUT2D eigenvalue weighted by molar-refractivity contribution is 8.19. The number of unbranched alkanes of at least 4 members (excludes halogenated alkanes) is 1. The number of amides is 2. The van der Waals surface area contributed by atoms with E-state index in [9.17, 15) is 14.4 Å². The van der Waals surface area contributed by atoms with E-state index in [-0.39, 0.29) is 11.1 Å². The molecule has 2 aromatic carbocycles. The predicted molar refractivity (Wildman–Crippen MR) is 105 cm³/mol. The molecule has 0 bridgehead atoms. The number of anilines is 1. The van der Waals surface area contributed by atoms with E-state index >= 15 is 0 Å². The molecule has 0 unspecified atom stereocenters. The molecule has 132 valence electrons. The highest BCUT2D eigenvalue weighted by Crippen LogP contribution is 2.35. The number of carbonyl (C=O) groups is 3. The van der Waals surface area contributed by atoms with Crippen molar-refractivity contribution in [1.82, 2.24) is 0 Å². The number of carbonyl (C=O) groups excluding carboxylic acids is 3. The highest BCUT2D eigenvalue weighted by atomic mass is 32.2. The quantitative estimate of drug-likeness (QED) is 0.529. The van der Waals surface area contributed by atoms with Crippen LogP contribution >= 0.6 is 11.8 Å². The SMILES string of the molecule is CCCCc1ccc(N2C(=O)S/C(=C\c3ccc(C=O)cc3)C2=O)cc1. The van der Waals surface area contributed by atoms with Crippen molar-refractivity contribution >= 4 is 41.0 Å². The average Bonchev–Trinajstić information content (AvgIpc) is 2.94. The zero-order valence-corrected chi connectivity index (χ0v) is 15.3. The maximum absolute atomic E-state index is 12.7. The molecule has 0 N–H and O–H groups in total. The number of hydrogen-bond donors (Lipinski definition) is 0. The van der Waals surface area contributed by atoms with E-state index in [1.54, 1.807) is 30.3 Å². The van der Waals surface area contributed by atoms with Crippen molar-refractivity contribution in [2.75, 3.05) is 4.90 Å². The number of aryl methyl sites for hydroxylation is 1. The summed E-state index contributed by atoms with van der Waals surface area (Å²) in [4.78, 5) is 37.3. The summed E-state index contributed by atoms with van der Waals surface area (Å²) in [6.45, 7) is 2.15. The summed E-state index contributed by atoms with van der Waals surface area (Å²) >= 11 is 0.928. The topological polar surface area (TPSA) is 54.5 Å². The molecule has 1 heterocycles. The maximum Gasteiger partial charge on any atom is 0.298 e. The number of thioether (sulfide) groups is 1. The molecular weight excluding hydrogens is 346 g/mol. The fraction of sp³-hybridized carbons (Fsp3) is 0.190. The largest absolute Gasteiger partial charge is 0.298 e. The zero-order chi connectivity index (χ0) is 18.5. The Bertz CT molecular complexity index is 854. The van der Waals surface area contributed by atoms with Gasteiger partial charge in [-0.25, -0.2) is 4.90 Å². The summed E-state index contributed by atoms with van der Waals surface area (Å²) in [6, 6.07) is 14.4. The van der Waals surface area contributed by atoms with E-state index in [1.807, 2.05) is 24.3 Å². The van der Waals surface area contributed by atoms with Crippen LogP contribution < -0.4 is 4.90 Å². The minimum atomic E-state index is -0.319. The molecule has 0 atom stereocenters. The number of benzene rings is 2. The monoisotopic (exact) mass is 365 g/mol.